The van der Waals surface area contributed by atoms with Crippen LogP contribution in [0.2, 0.25) is 0 Å². The van der Waals surface area contributed by atoms with Crippen LogP contribution in [0.1, 0.15) is 12.0 Å². The molecule has 1 fully saturated rings. The maximum atomic E-state index is 12.7. The molecule has 1 saturated heterocycles. The lowest BCUT2D eigenvalue weighted by Crippen LogP contribution is -2.35. The molecule has 1 aliphatic rings. The highest BCUT2D eigenvalue weighted by Gasteiger charge is 2.12. The number of morpholine rings is 1. The number of hydrogen-bond donors (Lipinski definition) is 2. The van der Waals surface area contributed by atoms with Crippen LogP contribution in [-0.2, 0) is 22.6 Å². The smallest absolute Gasteiger partial charge is 0.262 e. The van der Waals surface area contributed by atoms with Crippen LogP contribution in [0.15, 0.2) is 53.3 Å². The molecule has 2 heterocycles. The molecule has 1 aliphatic heterocycles. The second-order valence-electron chi connectivity index (χ2n) is 7.32. The predicted molar refractivity (Wildman–Crippen MR) is 119 cm³/mol. The van der Waals surface area contributed by atoms with Gasteiger partial charge in [-0.3, -0.25) is 19.1 Å². The molecule has 0 bridgehead atoms. The summed E-state index contributed by atoms with van der Waals surface area (Å²) >= 11 is 5.31. The first-order chi connectivity index (χ1) is 14.6. The van der Waals surface area contributed by atoms with Gasteiger partial charge in [-0.1, -0.05) is 24.3 Å². The van der Waals surface area contributed by atoms with Crippen molar-refractivity contribution in [1.82, 2.24) is 14.5 Å². The Labute approximate surface area is 179 Å². The zero-order chi connectivity index (χ0) is 20.9. The van der Waals surface area contributed by atoms with Crippen molar-refractivity contribution in [2.24, 2.45) is 0 Å². The highest BCUT2D eigenvalue weighted by molar-refractivity contribution is 7.71. The normalized spacial score (nSPS) is 14.7. The minimum atomic E-state index is -0.186. The molecular formula is C22H24N4O3S. The molecule has 30 heavy (non-hydrogen) atoms. The number of nitrogens with one attached hydrogen (secondary N) is 2. The van der Waals surface area contributed by atoms with E-state index < -0.39 is 0 Å². The molecule has 4 rings (SSSR count). The van der Waals surface area contributed by atoms with Crippen LogP contribution in [0.5, 0.6) is 0 Å². The largest absolute Gasteiger partial charge is 0.379 e. The maximum Gasteiger partial charge on any atom is 0.262 e. The summed E-state index contributed by atoms with van der Waals surface area (Å²) in [4.78, 5) is 30.5. The Morgan fingerprint density at radius 3 is 2.77 bits per heavy atom. The summed E-state index contributed by atoms with van der Waals surface area (Å²) in [6, 6.07) is 15.1. The number of benzene rings is 2. The van der Waals surface area contributed by atoms with E-state index in [9.17, 15) is 9.59 Å². The van der Waals surface area contributed by atoms with Crippen LogP contribution in [0.3, 0.4) is 0 Å². The molecule has 156 valence electrons. The summed E-state index contributed by atoms with van der Waals surface area (Å²) in [5.41, 5.74) is 2.41. The van der Waals surface area contributed by atoms with Crippen LogP contribution in [0.25, 0.3) is 10.9 Å². The number of amides is 1. The van der Waals surface area contributed by atoms with E-state index in [2.05, 4.69) is 21.3 Å². The summed E-state index contributed by atoms with van der Waals surface area (Å²) < 4.78 is 7.14. The SMILES string of the molecule is O=C(CCn1c(=S)[nH]c2ccccc2c1=O)Nc1cccc(CN2CCOCC2)c1. The average molecular weight is 425 g/mol. The highest BCUT2D eigenvalue weighted by Crippen LogP contribution is 2.14. The van der Waals surface area contributed by atoms with Crippen LogP contribution in [0.4, 0.5) is 5.69 Å². The van der Waals surface area contributed by atoms with Crippen molar-refractivity contribution in [3.05, 3.63) is 69.2 Å². The number of carbonyl (C=O) groups excluding carboxylic acids is 1. The number of rotatable bonds is 6. The number of carbonyl (C=O) groups is 1. The maximum absolute atomic E-state index is 12.7. The monoisotopic (exact) mass is 424 g/mol. The average Bonchev–Trinajstić information content (AvgIpc) is 2.74. The van der Waals surface area contributed by atoms with E-state index in [0.29, 0.717) is 15.7 Å². The third-order valence-corrected chi connectivity index (χ3v) is 5.49. The fourth-order valence-corrected chi connectivity index (χ4v) is 3.89. The molecule has 2 N–H and O–H groups in total. The minimum Gasteiger partial charge on any atom is -0.379 e. The molecule has 2 aromatic carbocycles. The van der Waals surface area contributed by atoms with Gasteiger partial charge in [-0.25, -0.2) is 0 Å². The predicted octanol–water partition coefficient (Wildman–Crippen LogP) is 2.92. The van der Waals surface area contributed by atoms with Gasteiger partial charge in [-0.2, -0.15) is 0 Å². The van der Waals surface area contributed by atoms with Crippen molar-refractivity contribution in [2.75, 3.05) is 31.6 Å². The number of aromatic amines is 1. The van der Waals surface area contributed by atoms with Gasteiger partial charge in [0.05, 0.1) is 24.1 Å². The number of fused-ring (bicyclic) bond motifs is 1. The van der Waals surface area contributed by atoms with E-state index in [0.717, 1.165) is 44.1 Å². The molecule has 0 saturated carbocycles. The topological polar surface area (TPSA) is 79.4 Å². The van der Waals surface area contributed by atoms with Gasteiger partial charge in [0.15, 0.2) is 4.77 Å². The molecule has 0 radical (unpaired) electrons. The summed E-state index contributed by atoms with van der Waals surface area (Å²) in [5.74, 6) is -0.159. The molecule has 1 amide bonds. The van der Waals surface area contributed by atoms with Gasteiger partial charge in [-0.15, -0.1) is 0 Å². The molecular weight excluding hydrogens is 400 g/mol. The Morgan fingerprint density at radius 2 is 1.93 bits per heavy atom. The van der Waals surface area contributed by atoms with E-state index in [1.54, 1.807) is 6.07 Å². The first-order valence-electron chi connectivity index (χ1n) is 10.0. The summed E-state index contributed by atoms with van der Waals surface area (Å²) in [7, 11) is 0. The Morgan fingerprint density at radius 1 is 1.13 bits per heavy atom. The third-order valence-electron chi connectivity index (χ3n) is 5.17. The van der Waals surface area contributed by atoms with Crippen molar-refractivity contribution in [3.63, 3.8) is 0 Å². The molecule has 7 nitrogen and oxygen atoms in total. The van der Waals surface area contributed by atoms with Crippen molar-refractivity contribution >= 4 is 34.7 Å². The Kier molecular flexibility index (Phi) is 6.37. The molecule has 0 atom stereocenters. The van der Waals surface area contributed by atoms with E-state index in [1.165, 1.54) is 4.57 Å². The van der Waals surface area contributed by atoms with Crippen molar-refractivity contribution < 1.29 is 9.53 Å². The van der Waals surface area contributed by atoms with Crippen LogP contribution in [0, 0.1) is 4.77 Å². The summed E-state index contributed by atoms with van der Waals surface area (Å²) in [6.07, 6.45) is 0.156. The lowest BCUT2D eigenvalue weighted by atomic mass is 10.1. The van der Waals surface area contributed by atoms with Gasteiger partial charge in [0.1, 0.15) is 0 Å². The van der Waals surface area contributed by atoms with Gasteiger partial charge in [0.2, 0.25) is 5.91 Å². The van der Waals surface area contributed by atoms with E-state index in [-0.39, 0.29) is 24.4 Å². The summed E-state index contributed by atoms with van der Waals surface area (Å²) in [6.45, 7) is 4.39. The molecule has 0 spiro atoms. The van der Waals surface area contributed by atoms with Crippen molar-refractivity contribution in [2.45, 2.75) is 19.5 Å². The summed E-state index contributed by atoms with van der Waals surface area (Å²) in [5, 5.41) is 3.48. The van der Waals surface area contributed by atoms with Gasteiger partial charge >= 0.3 is 0 Å². The molecule has 3 aromatic rings. The van der Waals surface area contributed by atoms with Crippen LogP contribution >= 0.6 is 12.2 Å². The first kappa shape index (κ1) is 20.5. The van der Waals surface area contributed by atoms with Crippen molar-refractivity contribution in [3.8, 4) is 0 Å². The van der Waals surface area contributed by atoms with Gasteiger partial charge < -0.3 is 15.0 Å². The standard InChI is InChI=1S/C22H24N4O3S/c27-20(8-9-26-21(28)18-6-1-2-7-19(18)24-22(26)30)23-17-5-3-4-16(14-17)15-25-10-12-29-13-11-25/h1-7,14H,8-13,15H2,(H,23,27)(H,24,30). The number of para-hydroxylation sites is 1. The minimum absolute atomic E-state index is 0.156. The van der Waals surface area contributed by atoms with E-state index >= 15 is 0 Å². The van der Waals surface area contributed by atoms with Crippen molar-refractivity contribution in [1.29, 1.82) is 0 Å². The Bertz CT molecular complexity index is 1160. The number of aromatic nitrogens is 2. The lowest BCUT2D eigenvalue weighted by molar-refractivity contribution is -0.116. The van der Waals surface area contributed by atoms with Gasteiger partial charge in [-0.05, 0) is 42.0 Å². The number of nitrogens with zero attached hydrogens (tertiary/aromatic N) is 2. The Balaban J connectivity index is 1.40. The van der Waals surface area contributed by atoms with Gasteiger partial charge in [0.25, 0.3) is 5.56 Å². The third kappa shape index (κ3) is 4.84. The second kappa shape index (κ2) is 9.34. The molecule has 0 aliphatic carbocycles. The van der Waals surface area contributed by atoms with Crippen LogP contribution in [-0.4, -0.2) is 46.7 Å². The number of ether oxygens (including phenoxy) is 1. The fourth-order valence-electron chi connectivity index (χ4n) is 3.60. The zero-order valence-corrected chi connectivity index (χ0v) is 17.4. The molecule has 8 heteroatoms. The number of anilines is 1. The zero-order valence-electron chi connectivity index (χ0n) is 16.6. The van der Waals surface area contributed by atoms with E-state index in [1.807, 2.05) is 36.4 Å². The molecule has 1 aromatic heterocycles. The first-order valence-corrected chi connectivity index (χ1v) is 10.4. The fraction of sp³-hybridized carbons (Fsp3) is 0.318. The Hall–Kier alpha value is -2.81. The highest BCUT2D eigenvalue weighted by atomic mass is 32.1. The van der Waals surface area contributed by atoms with Crippen LogP contribution < -0.4 is 10.9 Å². The van der Waals surface area contributed by atoms with E-state index in [4.69, 9.17) is 17.0 Å². The molecule has 0 unspecified atom stereocenters. The number of hydrogen-bond acceptors (Lipinski definition) is 5. The number of H-pyrrole nitrogens is 1. The second-order valence-corrected chi connectivity index (χ2v) is 7.71. The van der Waals surface area contributed by atoms with Gasteiger partial charge in [0, 0.05) is 38.3 Å². The quantitative estimate of drug-likeness (QED) is 0.595. The lowest BCUT2D eigenvalue weighted by Gasteiger charge is -2.26.